The maximum atomic E-state index is 13.6. The summed E-state index contributed by atoms with van der Waals surface area (Å²) in [7, 11) is 0. The van der Waals surface area contributed by atoms with Crippen molar-refractivity contribution in [2.24, 2.45) is 5.92 Å². The Bertz CT molecular complexity index is 1560. The molecule has 1 N–H and O–H groups in total. The van der Waals surface area contributed by atoms with Gasteiger partial charge in [-0.05, 0) is 73.9 Å². The SMILES string of the molecule is N#Cc1ccc(CC2NC2C2CCC(OCC(=O)N3CCN(Cc4oc5ccc(F)cc5c4Cl)CC3)CC2)cc1C(F)(F)F. The number of carbonyl (C=O) groups is 1. The molecule has 2 atom stereocenters. The molecule has 3 fully saturated rings. The van der Waals surface area contributed by atoms with Crippen LogP contribution in [0, 0.1) is 23.1 Å². The quantitative estimate of drug-likeness (QED) is 0.245. The van der Waals surface area contributed by atoms with Gasteiger partial charge in [0.2, 0.25) is 5.91 Å². The monoisotopic (exact) mass is 632 g/mol. The van der Waals surface area contributed by atoms with Crippen LogP contribution in [0.25, 0.3) is 11.0 Å². The Morgan fingerprint density at radius 3 is 2.55 bits per heavy atom. The first-order valence-electron chi connectivity index (χ1n) is 14.9. The second-order valence-corrected chi connectivity index (χ2v) is 12.4. The van der Waals surface area contributed by atoms with Crippen molar-refractivity contribution >= 4 is 28.5 Å². The van der Waals surface area contributed by atoms with Gasteiger partial charge in [-0.25, -0.2) is 4.39 Å². The van der Waals surface area contributed by atoms with Crippen molar-refractivity contribution in [1.82, 2.24) is 15.1 Å². The topological polar surface area (TPSA) is 91.6 Å². The zero-order valence-corrected chi connectivity index (χ0v) is 24.8. The molecular weight excluding hydrogens is 600 g/mol. The van der Waals surface area contributed by atoms with Crippen molar-refractivity contribution in [2.45, 2.75) is 63.0 Å². The molecule has 3 aromatic rings. The summed E-state index contributed by atoms with van der Waals surface area (Å²) in [5, 5.41) is 13.4. The molecule has 1 amide bonds. The molecular formula is C32H33ClF4N4O3. The molecule has 2 unspecified atom stereocenters. The number of hydrogen-bond donors (Lipinski definition) is 1. The van der Waals surface area contributed by atoms with Crippen LogP contribution in [0.3, 0.4) is 0 Å². The molecule has 12 heteroatoms. The number of furan rings is 1. The zero-order chi connectivity index (χ0) is 31.0. The van der Waals surface area contributed by atoms with Gasteiger partial charge in [0.15, 0.2) is 0 Å². The molecule has 2 saturated heterocycles. The van der Waals surface area contributed by atoms with Gasteiger partial charge in [-0.2, -0.15) is 18.4 Å². The lowest BCUT2D eigenvalue weighted by Crippen LogP contribution is -2.49. The number of hydrogen-bond acceptors (Lipinski definition) is 6. The molecule has 1 aliphatic carbocycles. The fourth-order valence-electron chi connectivity index (χ4n) is 6.59. The smallest absolute Gasteiger partial charge is 0.417 e. The molecule has 0 spiro atoms. The minimum atomic E-state index is -4.56. The number of carbonyl (C=O) groups excluding carboxylic acids is 1. The molecule has 6 rings (SSSR count). The van der Waals surface area contributed by atoms with Gasteiger partial charge in [0.05, 0.1) is 34.9 Å². The Hall–Kier alpha value is -3.17. The number of piperazine rings is 1. The normalized spacial score (nSPS) is 24.4. The van der Waals surface area contributed by atoms with E-state index in [9.17, 15) is 22.4 Å². The van der Waals surface area contributed by atoms with Crippen LogP contribution in [0.2, 0.25) is 5.02 Å². The number of rotatable bonds is 8. The summed E-state index contributed by atoms with van der Waals surface area (Å²) in [6.07, 6.45) is -0.500. The number of halogens is 5. The largest absolute Gasteiger partial charge is 0.458 e. The van der Waals surface area contributed by atoms with Gasteiger partial charge in [0.1, 0.15) is 23.8 Å². The fourth-order valence-corrected chi connectivity index (χ4v) is 6.84. The summed E-state index contributed by atoms with van der Waals surface area (Å²) >= 11 is 6.43. The van der Waals surface area contributed by atoms with Crippen molar-refractivity contribution in [2.75, 3.05) is 32.8 Å². The summed E-state index contributed by atoms with van der Waals surface area (Å²) in [5.41, 5.74) is -0.117. The van der Waals surface area contributed by atoms with Crippen molar-refractivity contribution < 1.29 is 31.5 Å². The first kappa shape index (κ1) is 30.8. The molecule has 1 aromatic heterocycles. The fraction of sp³-hybridized carbons (Fsp3) is 0.500. The van der Waals surface area contributed by atoms with Crippen LogP contribution in [-0.2, 0) is 28.7 Å². The van der Waals surface area contributed by atoms with Crippen LogP contribution in [0.15, 0.2) is 40.8 Å². The van der Waals surface area contributed by atoms with Crippen LogP contribution in [0.4, 0.5) is 17.6 Å². The minimum absolute atomic E-state index is 0.0154. The highest BCUT2D eigenvalue weighted by Gasteiger charge is 2.43. The highest BCUT2D eigenvalue weighted by atomic mass is 35.5. The van der Waals surface area contributed by atoms with E-state index in [-0.39, 0.29) is 42.1 Å². The average molecular weight is 633 g/mol. The number of benzene rings is 2. The van der Waals surface area contributed by atoms with Gasteiger partial charge in [-0.3, -0.25) is 9.69 Å². The lowest BCUT2D eigenvalue weighted by atomic mass is 9.83. The van der Waals surface area contributed by atoms with Gasteiger partial charge in [0.25, 0.3) is 0 Å². The standard InChI is InChI=1S/C32H33ClF4N4O3/c33-30-24-15-22(34)5-8-27(24)44-28(30)17-40-9-11-41(12-10-40)29(42)18-43-23-6-3-20(4-7-23)31-26(39-31)14-19-1-2-21(16-38)25(13-19)32(35,36)37/h1-2,5,8,13,15,20,23,26,31,39H,3-4,6-7,9-12,14,17-18H2. The third kappa shape index (κ3) is 6.89. The lowest BCUT2D eigenvalue weighted by Gasteiger charge is -2.35. The second kappa shape index (κ2) is 12.7. The van der Waals surface area contributed by atoms with Crippen LogP contribution in [-0.4, -0.2) is 66.7 Å². The van der Waals surface area contributed by atoms with Gasteiger partial charge in [-0.1, -0.05) is 17.7 Å². The molecule has 234 valence electrons. The van der Waals surface area contributed by atoms with E-state index in [4.69, 9.17) is 26.0 Å². The van der Waals surface area contributed by atoms with E-state index in [0.717, 1.165) is 31.7 Å². The predicted octanol–water partition coefficient (Wildman–Crippen LogP) is 5.92. The molecule has 1 saturated carbocycles. The summed E-state index contributed by atoms with van der Waals surface area (Å²) in [6, 6.07) is 10.2. The summed E-state index contributed by atoms with van der Waals surface area (Å²) in [6.45, 7) is 2.98. The third-order valence-corrected chi connectivity index (χ3v) is 9.53. The Kier molecular flexibility index (Phi) is 8.88. The van der Waals surface area contributed by atoms with E-state index in [2.05, 4.69) is 10.2 Å². The number of alkyl halides is 3. The number of fused-ring (bicyclic) bond motifs is 1. The maximum absolute atomic E-state index is 13.6. The minimum Gasteiger partial charge on any atom is -0.458 e. The first-order valence-corrected chi connectivity index (χ1v) is 15.3. The molecule has 3 aliphatic rings. The van der Waals surface area contributed by atoms with E-state index in [1.807, 2.05) is 4.90 Å². The van der Waals surface area contributed by atoms with E-state index < -0.39 is 11.7 Å². The number of amides is 1. The average Bonchev–Trinajstić information content (AvgIpc) is 3.72. The van der Waals surface area contributed by atoms with Gasteiger partial charge < -0.3 is 19.4 Å². The molecule has 0 bridgehead atoms. The Morgan fingerprint density at radius 2 is 1.84 bits per heavy atom. The molecule has 0 radical (unpaired) electrons. The number of nitriles is 1. The second-order valence-electron chi connectivity index (χ2n) is 12.0. The molecule has 2 aliphatic heterocycles. The Balaban J connectivity index is 0.900. The highest BCUT2D eigenvalue weighted by molar-refractivity contribution is 6.36. The first-order chi connectivity index (χ1) is 21.1. The van der Waals surface area contributed by atoms with Crippen molar-refractivity contribution in [3.8, 4) is 6.07 Å². The number of ether oxygens (including phenoxy) is 1. The summed E-state index contributed by atoms with van der Waals surface area (Å²) in [5.74, 6) is 0.605. The maximum Gasteiger partial charge on any atom is 0.417 e. The van der Waals surface area contributed by atoms with Crippen molar-refractivity contribution in [3.05, 3.63) is 69.7 Å². The predicted molar refractivity (Wildman–Crippen MR) is 155 cm³/mol. The van der Waals surface area contributed by atoms with E-state index in [1.54, 1.807) is 18.2 Å². The molecule has 3 heterocycles. The Morgan fingerprint density at radius 1 is 1.09 bits per heavy atom. The summed E-state index contributed by atoms with van der Waals surface area (Å²) < 4.78 is 65.3. The van der Waals surface area contributed by atoms with Crippen LogP contribution in [0.5, 0.6) is 0 Å². The van der Waals surface area contributed by atoms with E-state index >= 15 is 0 Å². The van der Waals surface area contributed by atoms with E-state index in [0.29, 0.717) is 72.4 Å². The van der Waals surface area contributed by atoms with Crippen LogP contribution in [0.1, 0.15) is 48.1 Å². The van der Waals surface area contributed by atoms with Crippen molar-refractivity contribution in [3.63, 3.8) is 0 Å². The highest BCUT2D eigenvalue weighted by Crippen LogP contribution is 2.37. The number of nitrogens with zero attached hydrogens (tertiary/aromatic N) is 3. The summed E-state index contributed by atoms with van der Waals surface area (Å²) in [4.78, 5) is 16.8. The lowest BCUT2D eigenvalue weighted by molar-refractivity contribution is -0.141. The molecule has 7 nitrogen and oxygen atoms in total. The van der Waals surface area contributed by atoms with Gasteiger partial charge in [-0.15, -0.1) is 0 Å². The Labute approximate surface area is 257 Å². The zero-order valence-electron chi connectivity index (χ0n) is 24.0. The van der Waals surface area contributed by atoms with Crippen LogP contribution < -0.4 is 5.32 Å². The molecule has 44 heavy (non-hydrogen) atoms. The third-order valence-electron chi connectivity index (χ3n) is 9.11. The van der Waals surface area contributed by atoms with Crippen LogP contribution >= 0.6 is 11.6 Å². The van der Waals surface area contributed by atoms with Gasteiger partial charge >= 0.3 is 6.18 Å². The molecule has 2 aromatic carbocycles. The van der Waals surface area contributed by atoms with Gasteiger partial charge in [0, 0.05) is 43.6 Å². The number of nitrogens with one attached hydrogen (secondary N) is 1. The van der Waals surface area contributed by atoms with E-state index in [1.165, 1.54) is 18.2 Å². The van der Waals surface area contributed by atoms with Crippen molar-refractivity contribution in [1.29, 1.82) is 5.26 Å².